The van der Waals surface area contributed by atoms with Crippen LogP contribution in [-0.4, -0.2) is 46.9 Å². The van der Waals surface area contributed by atoms with E-state index >= 15 is 0 Å². The third-order valence-corrected chi connectivity index (χ3v) is 3.99. The summed E-state index contributed by atoms with van der Waals surface area (Å²) < 4.78 is 0. The first-order valence-corrected chi connectivity index (χ1v) is 7.23. The maximum atomic E-state index is 12.0. The average molecular weight is 275 g/mol. The SMILES string of the molecule is C[C@@H](N)C(=O)N1CCN(Cc2ccccc2)C(C)(C)C1. The number of carbonyl (C=O) groups is 1. The Hall–Kier alpha value is -1.39. The zero-order valence-corrected chi connectivity index (χ0v) is 12.7. The normalized spacial score (nSPS) is 20.7. The van der Waals surface area contributed by atoms with Gasteiger partial charge in [0.15, 0.2) is 0 Å². The Morgan fingerprint density at radius 2 is 1.95 bits per heavy atom. The fourth-order valence-corrected chi connectivity index (χ4v) is 2.76. The fraction of sp³-hybridized carbons (Fsp3) is 0.562. The molecule has 0 unspecified atom stereocenters. The van der Waals surface area contributed by atoms with Crippen LogP contribution in [0.2, 0.25) is 0 Å². The van der Waals surface area contributed by atoms with Gasteiger partial charge in [-0.15, -0.1) is 0 Å². The summed E-state index contributed by atoms with van der Waals surface area (Å²) in [5.74, 6) is 0.0532. The Labute approximate surface area is 121 Å². The lowest BCUT2D eigenvalue weighted by atomic mass is 9.97. The molecule has 4 nitrogen and oxygen atoms in total. The first-order valence-electron chi connectivity index (χ1n) is 7.23. The number of amides is 1. The van der Waals surface area contributed by atoms with E-state index in [0.29, 0.717) is 0 Å². The van der Waals surface area contributed by atoms with Crippen LogP contribution in [0.5, 0.6) is 0 Å². The molecule has 0 spiro atoms. The molecule has 1 aromatic carbocycles. The molecule has 2 rings (SSSR count). The van der Waals surface area contributed by atoms with Crippen LogP contribution < -0.4 is 5.73 Å². The monoisotopic (exact) mass is 275 g/mol. The van der Waals surface area contributed by atoms with Gasteiger partial charge in [0, 0.05) is 31.7 Å². The number of carbonyl (C=O) groups excluding carboxylic acids is 1. The van der Waals surface area contributed by atoms with E-state index in [1.54, 1.807) is 6.92 Å². The van der Waals surface area contributed by atoms with Crippen LogP contribution in [0.4, 0.5) is 0 Å². The topological polar surface area (TPSA) is 49.6 Å². The number of hydrogen-bond acceptors (Lipinski definition) is 3. The van der Waals surface area contributed by atoms with Crippen LogP contribution in [0.1, 0.15) is 26.3 Å². The number of rotatable bonds is 3. The van der Waals surface area contributed by atoms with Crippen molar-refractivity contribution in [1.29, 1.82) is 0 Å². The van der Waals surface area contributed by atoms with E-state index in [1.165, 1.54) is 5.56 Å². The zero-order valence-electron chi connectivity index (χ0n) is 12.7. The van der Waals surface area contributed by atoms with Crippen molar-refractivity contribution in [3.63, 3.8) is 0 Å². The summed E-state index contributed by atoms with van der Waals surface area (Å²) in [5.41, 5.74) is 6.99. The van der Waals surface area contributed by atoms with E-state index in [2.05, 4.69) is 43.0 Å². The van der Waals surface area contributed by atoms with Crippen molar-refractivity contribution >= 4 is 5.91 Å². The maximum absolute atomic E-state index is 12.0. The van der Waals surface area contributed by atoms with Crippen LogP contribution in [0.3, 0.4) is 0 Å². The van der Waals surface area contributed by atoms with E-state index in [0.717, 1.165) is 26.2 Å². The summed E-state index contributed by atoms with van der Waals surface area (Å²) in [7, 11) is 0. The van der Waals surface area contributed by atoms with Gasteiger partial charge >= 0.3 is 0 Å². The van der Waals surface area contributed by atoms with Gasteiger partial charge in [-0.3, -0.25) is 9.69 Å². The van der Waals surface area contributed by atoms with E-state index < -0.39 is 6.04 Å². The fourth-order valence-electron chi connectivity index (χ4n) is 2.76. The molecule has 0 saturated carbocycles. The van der Waals surface area contributed by atoms with E-state index in [4.69, 9.17) is 5.73 Å². The Morgan fingerprint density at radius 3 is 2.50 bits per heavy atom. The van der Waals surface area contributed by atoms with Crippen LogP contribution in [0.25, 0.3) is 0 Å². The lowest BCUT2D eigenvalue weighted by molar-refractivity contribution is -0.137. The van der Waals surface area contributed by atoms with E-state index in [1.807, 2.05) is 11.0 Å². The molecular formula is C16H25N3O. The van der Waals surface area contributed by atoms with Crippen molar-refractivity contribution in [2.75, 3.05) is 19.6 Å². The second-order valence-electron chi connectivity index (χ2n) is 6.27. The molecular weight excluding hydrogens is 250 g/mol. The third kappa shape index (κ3) is 3.38. The van der Waals surface area contributed by atoms with Crippen molar-refractivity contribution in [2.45, 2.75) is 38.9 Å². The maximum Gasteiger partial charge on any atom is 0.239 e. The van der Waals surface area contributed by atoms with Gasteiger partial charge < -0.3 is 10.6 Å². The molecule has 20 heavy (non-hydrogen) atoms. The highest BCUT2D eigenvalue weighted by Crippen LogP contribution is 2.23. The van der Waals surface area contributed by atoms with Crippen LogP contribution in [0, 0.1) is 0 Å². The van der Waals surface area contributed by atoms with E-state index in [-0.39, 0.29) is 11.4 Å². The molecule has 1 atom stereocenters. The highest BCUT2D eigenvalue weighted by Gasteiger charge is 2.35. The third-order valence-electron chi connectivity index (χ3n) is 3.99. The van der Waals surface area contributed by atoms with Gasteiger partial charge in [-0.25, -0.2) is 0 Å². The van der Waals surface area contributed by atoms with E-state index in [9.17, 15) is 4.79 Å². The highest BCUT2D eigenvalue weighted by molar-refractivity contribution is 5.81. The molecule has 1 aliphatic rings. The summed E-state index contributed by atoms with van der Waals surface area (Å²) >= 11 is 0. The first kappa shape index (κ1) is 15.0. The molecule has 2 N–H and O–H groups in total. The second-order valence-corrected chi connectivity index (χ2v) is 6.27. The van der Waals surface area contributed by atoms with Crippen LogP contribution >= 0.6 is 0 Å². The summed E-state index contributed by atoms with van der Waals surface area (Å²) in [6.45, 7) is 9.45. The minimum absolute atomic E-state index is 0.0291. The quantitative estimate of drug-likeness (QED) is 0.908. The number of nitrogens with two attached hydrogens (primary N) is 1. The summed E-state index contributed by atoms with van der Waals surface area (Å²) in [6.07, 6.45) is 0. The minimum atomic E-state index is -0.411. The second kappa shape index (κ2) is 5.94. The molecule has 1 amide bonds. The highest BCUT2D eigenvalue weighted by atomic mass is 16.2. The predicted octanol–water partition coefficient (Wildman–Crippen LogP) is 1.46. The van der Waals surface area contributed by atoms with Crippen LogP contribution in [0.15, 0.2) is 30.3 Å². The number of nitrogens with zero attached hydrogens (tertiary/aromatic N) is 2. The van der Waals surface area contributed by atoms with Crippen molar-refractivity contribution < 1.29 is 4.79 Å². The van der Waals surface area contributed by atoms with Crippen molar-refractivity contribution in [3.8, 4) is 0 Å². The van der Waals surface area contributed by atoms with Gasteiger partial charge in [-0.05, 0) is 26.3 Å². The Kier molecular flexibility index (Phi) is 4.45. The lowest BCUT2D eigenvalue weighted by Gasteiger charge is -2.47. The molecule has 1 saturated heterocycles. The molecule has 0 bridgehead atoms. The molecule has 0 aliphatic carbocycles. The predicted molar refractivity (Wildman–Crippen MR) is 81.2 cm³/mol. The average Bonchev–Trinajstić information content (AvgIpc) is 2.41. The van der Waals surface area contributed by atoms with Gasteiger partial charge in [0.05, 0.1) is 6.04 Å². The molecule has 110 valence electrons. The largest absolute Gasteiger partial charge is 0.338 e. The molecule has 1 aromatic rings. The Bertz CT molecular complexity index is 456. The van der Waals surface area contributed by atoms with Crippen molar-refractivity contribution in [1.82, 2.24) is 9.80 Å². The zero-order chi connectivity index (χ0) is 14.8. The van der Waals surface area contributed by atoms with Gasteiger partial charge in [-0.1, -0.05) is 30.3 Å². The molecule has 4 heteroatoms. The Balaban J connectivity index is 2.03. The number of hydrogen-bond donors (Lipinski definition) is 1. The van der Waals surface area contributed by atoms with Gasteiger partial charge in [0.1, 0.15) is 0 Å². The summed E-state index contributed by atoms with van der Waals surface area (Å²) in [6, 6.07) is 10.1. The lowest BCUT2D eigenvalue weighted by Crippen LogP contribution is -2.61. The molecule has 1 fully saturated rings. The van der Waals surface area contributed by atoms with Crippen molar-refractivity contribution in [3.05, 3.63) is 35.9 Å². The summed E-state index contributed by atoms with van der Waals surface area (Å²) in [5, 5.41) is 0. The Morgan fingerprint density at radius 1 is 1.30 bits per heavy atom. The molecule has 1 heterocycles. The van der Waals surface area contributed by atoms with Crippen LogP contribution in [-0.2, 0) is 11.3 Å². The molecule has 0 aromatic heterocycles. The van der Waals surface area contributed by atoms with Gasteiger partial charge in [-0.2, -0.15) is 0 Å². The van der Waals surface area contributed by atoms with Gasteiger partial charge in [0.2, 0.25) is 5.91 Å². The van der Waals surface area contributed by atoms with Crippen molar-refractivity contribution in [2.24, 2.45) is 5.73 Å². The molecule has 1 aliphatic heterocycles. The first-order chi connectivity index (χ1) is 9.40. The van der Waals surface area contributed by atoms with Gasteiger partial charge in [0.25, 0.3) is 0 Å². The number of piperazine rings is 1. The molecule has 0 radical (unpaired) electrons. The smallest absolute Gasteiger partial charge is 0.239 e. The number of benzene rings is 1. The summed E-state index contributed by atoms with van der Waals surface area (Å²) in [4.78, 5) is 16.4. The minimum Gasteiger partial charge on any atom is -0.338 e. The standard InChI is InChI=1S/C16H25N3O/c1-13(17)15(20)18-9-10-19(16(2,3)12-18)11-14-7-5-4-6-8-14/h4-8,13H,9-12,17H2,1-3H3/t13-/m1/s1.